The summed E-state index contributed by atoms with van der Waals surface area (Å²) in [5.74, 6) is 2.16. The van der Waals surface area contributed by atoms with Crippen LogP contribution in [0.3, 0.4) is 0 Å². The molecule has 7 nitrogen and oxygen atoms in total. The normalized spacial score (nSPS) is 30.3. The van der Waals surface area contributed by atoms with Crippen molar-refractivity contribution in [2.45, 2.75) is 38.3 Å². The Balaban J connectivity index is 1.28. The number of ether oxygens (including phenoxy) is 2. The standard InChI is InChI=1S/C23H31F2N5O2/c24-23(25)32-20-7-14(12-29-22(20)27)18(26)10-19(28-11-13-1-2-13)21-16-8-15(9-17(16)21)30-3-5-31-6-4-30/h7,10,12-13,15-17,21,23,26,28H,1-6,8-9,11H2,(H2,27,29)/b19-10-,26-18?/t15-,16+,17-,21-. The fourth-order valence-corrected chi connectivity index (χ4v) is 5.40. The molecule has 1 aromatic rings. The van der Waals surface area contributed by atoms with Crippen LogP contribution in [0, 0.1) is 29.1 Å². The van der Waals surface area contributed by atoms with E-state index in [9.17, 15) is 8.78 Å². The van der Waals surface area contributed by atoms with E-state index in [4.69, 9.17) is 15.9 Å². The van der Waals surface area contributed by atoms with E-state index in [2.05, 4.69) is 19.9 Å². The van der Waals surface area contributed by atoms with Crippen LogP contribution in [0.2, 0.25) is 0 Å². The summed E-state index contributed by atoms with van der Waals surface area (Å²) in [6, 6.07) is 2.01. The zero-order chi connectivity index (χ0) is 22.2. The number of alkyl halides is 2. The molecule has 3 saturated carbocycles. The number of nitrogens with zero attached hydrogens (tertiary/aromatic N) is 2. The van der Waals surface area contributed by atoms with Crippen LogP contribution in [0.5, 0.6) is 5.75 Å². The molecule has 3 aliphatic carbocycles. The first-order valence-corrected chi connectivity index (χ1v) is 11.6. The first-order valence-electron chi connectivity index (χ1n) is 11.6. The van der Waals surface area contributed by atoms with Gasteiger partial charge < -0.3 is 25.9 Å². The van der Waals surface area contributed by atoms with Crippen LogP contribution in [0.4, 0.5) is 14.6 Å². The average molecular weight is 448 g/mol. The van der Waals surface area contributed by atoms with Gasteiger partial charge in [-0.05, 0) is 55.6 Å². The number of nitrogens with one attached hydrogen (secondary N) is 2. The highest BCUT2D eigenvalue weighted by atomic mass is 19.3. The topological polar surface area (TPSA) is 96.5 Å². The Labute approximate surface area is 186 Å². The number of anilines is 1. The summed E-state index contributed by atoms with van der Waals surface area (Å²) in [4.78, 5) is 6.51. The molecule has 9 heteroatoms. The lowest BCUT2D eigenvalue weighted by Crippen LogP contribution is -2.43. The smallest absolute Gasteiger partial charge is 0.387 e. The number of hydrogen-bond acceptors (Lipinski definition) is 7. The molecule has 4 N–H and O–H groups in total. The van der Waals surface area contributed by atoms with E-state index in [1.807, 2.05) is 6.08 Å². The molecule has 4 atom stereocenters. The van der Waals surface area contributed by atoms with Gasteiger partial charge in [0.15, 0.2) is 11.6 Å². The van der Waals surface area contributed by atoms with Gasteiger partial charge in [0.25, 0.3) is 0 Å². The number of aromatic nitrogens is 1. The Morgan fingerprint density at radius 3 is 2.69 bits per heavy atom. The third-order valence-corrected chi connectivity index (χ3v) is 7.34. The van der Waals surface area contributed by atoms with E-state index < -0.39 is 6.61 Å². The van der Waals surface area contributed by atoms with Crippen LogP contribution in [0.1, 0.15) is 31.2 Å². The van der Waals surface area contributed by atoms with Crippen molar-refractivity contribution in [1.29, 1.82) is 5.41 Å². The van der Waals surface area contributed by atoms with Gasteiger partial charge >= 0.3 is 6.61 Å². The Morgan fingerprint density at radius 1 is 1.31 bits per heavy atom. The molecule has 174 valence electrons. The molecule has 0 amide bonds. The van der Waals surface area contributed by atoms with Gasteiger partial charge in [-0.25, -0.2) is 4.98 Å². The Morgan fingerprint density at radius 2 is 2.03 bits per heavy atom. The molecule has 0 aromatic carbocycles. The number of hydrogen-bond donors (Lipinski definition) is 3. The average Bonchev–Trinajstić information content (AvgIpc) is 3.69. The van der Waals surface area contributed by atoms with Crippen molar-refractivity contribution in [3.05, 3.63) is 29.6 Å². The minimum absolute atomic E-state index is 0.108. The van der Waals surface area contributed by atoms with Crippen molar-refractivity contribution in [1.82, 2.24) is 15.2 Å². The third-order valence-electron chi connectivity index (χ3n) is 7.34. The highest BCUT2D eigenvalue weighted by Crippen LogP contribution is 2.61. The number of nitrogens with two attached hydrogens (primary N) is 1. The van der Waals surface area contributed by atoms with Crippen molar-refractivity contribution in [3.63, 3.8) is 0 Å². The monoisotopic (exact) mass is 447 g/mol. The number of fused-ring (bicyclic) bond motifs is 1. The van der Waals surface area contributed by atoms with Gasteiger partial charge in [0.05, 0.1) is 18.9 Å². The van der Waals surface area contributed by atoms with Crippen LogP contribution in [0.15, 0.2) is 24.0 Å². The molecule has 0 radical (unpaired) electrons. The molecule has 1 aromatic heterocycles. The largest absolute Gasteiger partial charge is 0.431 e. The number of morpholine rings is 1. The van der Waals surface area contributed by atoms with Gasteiger partial charge in [-0.2, -0.15) is 8.78 Å². The highest BCUT2D eigenvalue weighted by molar-refractivity contribution is 6.07. The molecule has 0 spiro atoms. The van der Waals surface area contributed by atoms with Gasteiger partial charge in [-0.15, -0.1) is 0 Å². The van der Waals surface area contributed by atoms with E-state index >= 15 is 0 Å². The van der Waals surface area contributed by atoms with E-state index in [1.165, 1.54) is 37.9 Å². The van der Waals surface area contributed by atoms with Crippen molar-refractivity contribution < 1.29 is 18.3 Å². The van der Waals surface area contributed by atoms with E-state index in [0.29, 0.717) is 29.4 Å². The summed E-state index contributed by atoms with van der Waals surface area (Å²) < 4.78 is 35.2. The van der Waals surface area contributed by atoms with Gasteiger partial charge in [0.2, 0.25) is 0 Å². The number of allylic oxidation sites excluding steroid dienone is 2. The van der Waals surface area contributed by atoms with Crippen LogP contribution in [0.25, 0.3) is 0 Å². The van der Waals surface area contributed by atoms with Crippen molar-refractivity contribution in [2.75, 3.05) is 38.6 Å². The van der Waals surface area contributed by atoms with Crippen LogP contribution in [-0.4, -0.2) is 61.1 Å². The summed E-state index contributed by atoms with van der Waals surface area (Å²) in [7, 11) is 0. The summed E-state index contributed by atoms with van der Waals surface area (Å²) in [6.07, 6.45) is 8.19. The van der Waals surface area contributed by atoms with Crippen LogP contribution in [-0.2, 0) is 4.74 Å². The van der Waals surface area contributed by atoms with E-state index in [-0.39, 0.29) is 17.3 Å². The Kier molecular flexibility index (Phi) is 6.03. The van der Waals surface area contributed by atoms with Crippen molar-refractivity contribution in [2.24, 2.45) is 23.7 Å². The summed E-state index contributed by atoms with van der Waals surface area (Å²) in [6.45, 7) is 1.65. The third kappa shape index (κ3) is 4.73. The number of halogens is 2. The molecular formula is C23H31F2N5O2. The maximum atomic E-state index is 12.6. The minimum atomic E-state index is -2.99. The summed E-state index contributed by atoms with van der Waals surface area (Å²) >= 11 is 0. The highest BCUT2D eigenvalue weighted by Gasteiger charge is 2.58. The molecule has 4 aliphatic rings. The van der Waals surface area contributed by atoms with Crippen LogP contribution >= 0.6 is 0 Å². The molecule has 1 aliphatic heterocycles. The van der Waals surface area contributed by atoms with E-state index in [1.54, 1.807) is 0 Å². The molecule has 4 fully saturated rings. The number of rotatable bonds is 9. The van der Waals surface area contributed by atoms with Crippen LogP contribution < -0.4 is 15.8 Å². The maximum Gasteiger partial charge on any atom is 0.387 e. The SMILES string of the molecule is N=C(/C=C(\NCC1CC1)[C@H]1[C@@H]2C[C@H](N3CCOCC3)C[C@@H]21)c1cnc(N)c(OC(F)F)c1. The molecule has 1 saturated heterocycles. The number of nitrogen functional groups attached to an aromatic ring is 1. The first-order chi connectivity index (χ1) is 15.5. The molecule has 0 bridgehead atoms. The lowest BCUT2D eigenvalue weighted by Gasteiger charge is -2.33. The fraction of sp³-hybridized carbons (Fsp3) is 0.652. The maximum absolute atomic E-state index is 12.6. The predicted octanol–water partition coefficient (Wildman–Crippen LogP) is 2.87. The first kappa shape index (κ1) is 21.6. The van der Waals surface area contributed by atoms with Crippen molar-refractivity contribution in [3.8, 4) is 5.75 Å². The lowest BCUT2D eigenvalue weighted by molar-refractivity contribution is -0.0495. The fourth-order valence-electron chi connectivity index (χ4n) is 5.40. The minimum Gasteiger partial charge on any atom is -0.431 e. The second-order valence-corrected chi connectivity index (χ2v) is 9.45. The quantitative estimate of drug-likeness (QED) is 0.504. The lowest BCUT2D eigenvalue weighted by atomic mass is 10.0. The second-order valence-electron chi connectivity index (χ2n) is 9.45. The molecule has 2 heterocycles. The number of pyridine rings is 1. The Hall–Kier alpha value is -2.26. The summed E-state index contributed by atoms with van der Waals surface area (Å²) in [5, 5.41) is 12.2. The molecule has 32 heavy (non-hydrogen) atoms. The van der Waals surface area contributed by atoms with Gasteiger partial charge in [0, 0.05) is 49.1 Å². The van der Waals surface area contributed by atoms with Gasteiger partial charge in [0.1, 0.15) is 0 Å². The molecule has 5 rings (SSSR count). The molecule has 0 unspecified atom stereocenters. The van der Waals surface area contributed by atoms with Gasteiger partial charge in [-0.3, -0.25) is 4.90 Å². The zero-order valence-electron chi connectivity index (χ0n) is 18.1. The van der Waals surface area contributed by atoms with E-state index in [0.717, 1.165) is 44.5 Å². The summed E-state index contributed by atoms with van der Waals surface area (Å²) in [5.41, 5.74) is 7.39. The Bertz CT molecular complexity index is 873. The molecular weight excluding hydrogens is 416 g/mol. The van der Waals surface area contributed by atoms with Gasteiger partial charge in [-0.1, -0.05) is 0 Å². The zero-order valence-corrected chi connectivity index (χ0v) is 18.1. The second kappa shape index (κ2) is 8.94. The van der Waals surface area contributed by atoms with Crippen molar-refractivity contribution >= 4 is 11.5 Å². The predicted molar refractivity (Wildman–Crippen MR) is 117 cm³/mol.